The molecule has 1 N–H and O–H groups in total. The van der Waals surface area contributed by atoms with Crippen molar-refractivity contribution in [1.82, 2.24) is 24.7 Å². The van der Waals surface area contributed by atoms with E-state index in [0.29, 0.717) is 18.5 Å². The van der Waals surface area contributed by atoms with Crippen LogP contribution in [0.25, 0.3) is 5.52 Å². The fraction of sp³-hybridized carbons (Fsp3) is 0.421. The van der Waals surface area contributed by atoms with E-state index in [1.54, 1.807) is 12.4 Å². The van der Waals surface area contributed by atoms with Gasteiger partial charge in [-0.1, -0.05) is 13.0 Å². The maximum atomic E-state index is 12.8. The van der Waals surface area contributed by atoms with Gasteiger partial charge in [0.25, 0.3) is 5.91 Å². The molecule has 0 aliphatic heterocycles. The van der Waals surface area contributed by atoms with Gasteiger partial charge in [0, 0.05) is 30.3 Å². The minimum absolute atomic E-state index is 0.0493. The third kappa shape index (κ3) is 2.92. The highest BCUT2D eigenvalue weighted by Gasteiger charge is 2.33. The van der Waals surface area contributed by atoms with Crippen LogP contribution in [0.1, 0.15) is 66.7 Å². The van der Waals surface area contributed by atoms with E-state index in [0.717, 1.165) is 41.6 Å². The van der Waals surface area contributed by atoms with Crippen LogP contribution in [0.3, 0.4) is 0 Å². The Morgan fingerprint density at radius 2 is 2.16 bits per heavy atom. The second-order valence-corrected chi connectivity index (χ2v) is 6.80. The summed E-state index contributed by atoms with van der Waals surface area (Å²) in [5.41, 5.74) is 3.85. The lowest BCUT2D eigenvalue weighted by Crippen LogP contribution is -2.24. The van der Waals surface area contributed by atoms with E-state index >= 15 is 0 Å². The van der Waals surface area contributed by atoms with Crippen LogP contribution in [0.2, 0.25) is 0 Å². The molecule has 3 heterocycles. The van der Waals surface area contributed by atoms with Crippen molar-refractivity contribution in [2.45, 2.75) is 51.6 Å². The Bertz CT molecular complexity index is 906. The Labute approximate surface area is 146 Å². The minimum atomic E-state index is -0.0493. The molecule has 6 nitrogen and oxygen atoms in total. The number of fused-ring (bicyclic) bond motifs is 1. The van der Waals surface area contributed by atoms with Gasteiger partial charge in [0.2, 0.25) is 0 Å². The van der Waals surface area contributed by atoms with E-state index in [-0.39, 0.29) is 5.91 Å². The molecule has 25 heavy (non-hydrogen) atoms. The monoisotopic (exact) mass is 337 g/mol. The van der Waals surface area contributed by atoms with E-state index in [4.69, 9.17) is 0 Å². The Morgan fingerprint density at radius 1 is 1.32 bits per heavy atom. The third-order valence-electron chi connectivity index (χ3n) is 5.00. The number of hydrogen-bond donors (Lipinski definition) is 1. The molecule has 1 fully saturated rings. The first kappa shape index (κ1) is 15.9. The third-order valence-corrected chi connectivity index (χ3v) is 5.00. The first-order valence-corrected chi connectivity index (χ1v) is 8.96. The van der Waals surface area contributed by atoms with Crippen molar-refractivity contribution in [2.75, 3.05) is 0 Å². The average Bonchev–Trinajstić information content (AvgIpc) is 3.25. The molecular weight excluding hydrogens is 314 g/mol. The van der Waals surface area contributed by atoms with Crippen molar-refractivity contribution < 1.29 is 4.79 Å². The summed E-state index contributed by atoms with van der Waals surface area (Å²) in [6, 6.07) is 6.24. The maximum Gasteiger partial charge on any atom is 0.255 e. The highest BCUT2D eigenvalue weighted by atomic mass is 16.1. The molecule has 0 spiro atoms. The second kappa shape index (κ2) is 6.35. The fourth-order valence-electron chi connectivity index (χ4n) is 3.23. The van der Waals surface area contributed by atoms with E-state index in [2.05, 4.69) is 29.4 Å². The molecule has 3 aromatic rings. The van der Waals surface area contributed by atoms with Crippen molar-refractivity contribution in [3.63, 3.8) is 0 Å². The molecule has 0 radical (unpaired) electrons. The van der Waals surface area contributed by atoms with Crippen LogP contribution in [0.4, 0.5) is 0 Å². The second-order valence-electron chi connectivity index (χ2n) is 6.80. The standard InChI is InChI=1S/C19H23N5O/c1-3-13(2)24-18(14-7-8-14)16(12-22-24)19(25)20-10-15-11-21-23-9-5-4-6-17(15)23/h4-6,9,11-14H,3,7-8,10H2,1-2H3,(H,20,25). The summed E-state index contributed by atoms with van der Waals surface area (Å²) in [5, 5.41) is 11.9. The number of amides is 1. The van der Waals surface area contributed by atoms with Crippen LogP contribution in [0.15, 0.2) is 36.8 Å². The zero-order chi connectivity index (χ0) is 17.4. The van der Waals surface area contributed by atoms with Crippen LogP contribution in [-0.2, 0) is 6.54 Å². The van der Waals surface area contributed by atoms with E-state index in [9.17, 15) is 4.79 Å². The van der Waals surface area contributed by atoms with Crippen LogP contribution in [0.5, 0.6) is 0 Å². The summed E-state index contributed by atoms with van der Waals surface area (Å²) in [6.07, 6.45) is 8.74. The molecule has 0 bridgehead atoms. The molecular formula is C19H23N5O. The zero-order valence-corrected chi connectivity index (χ0v) is 14.6. The van der Waals surface area contributed by atoms with Gasteiger partial charge in [-0.05, 0) is 38.3 Å². The molecule has 1 aliphatic rings. The normalized spacial score (nSPS) is 15.4. The molecule has 1 saturated carbocycles. The zero-order valence-electron chi connectivity index (χ0n) is 14.6. The number of pyridine rings is 1. The lowest BCUT2D eigenvalue weighted by molar-refractivity contribution is 0.0950. The predicted molar refractivity (Wildman–Crippen MR) is 95.6 cm³/mol. The fourth-order valence-corrected chi connectivity index (χ4v) is 3.23. The van der Waals surface area contributed by atoms with E-state index in [1.807, 2.05) is 33.6 Å². The molecule has 0 aromatic carbocycles. The molecule has 1 amide bonds. The van der Waals surface area contributed by atoms with Crippen molar-refractivity contribution >= 4 is 11.4 Å². The Morgan fingerprint density at radius 3 is 2.92 bits per heavy atom. The van der Waals surface area contributed by atoms with Crippen molar-refractivity contribution in [3.8, 4) is 0 Å². The van der Waals surface area contributed by atoms with Crippen LogP contribution in [0, 0.1) is 0 Å². The highest BCUT2D eigenvalue weighted by molar-refractivity contribution is 5.95. The van der Waals surface area contributed by atoms with Crippen LogP contribution in [-0.4, -0.2) is 25.3 Å². The molecule has 130 valence electrons. The Kier molecular flexibility index (Phi) is 4.03. The SMILES string of the molecule is CCC(C)n1ncc(C(=O)NCc2cnn3ccccc23)c1C1CC1. The lowest BCUT2D eigenvalue weighted by Gasteiger charge is -2.14. The van der Waals surface area contributed by atoms with Gasteiger partial charge >= 0.3 is 0 Å². The van der Waals surface area contributed by atoms with Gasteiger partial charge in [-0.3, -0.25) is 9.48 Å². The molecule has 6 heteroatoms. The number of carbonyl (C=O) groups is 1. The van der Waals surface area contributed by atoms with Gasteiger partial charge in [-0.25, -0.2) is 4.52 Å². The van der Waals surface area contributed by atoms with Gasteiger partial charge in [-0.15, -0.1) is 0 Å². The average molecular weight is 337 g/mol. The molecule has 4 rings (SSSR count). The first-order chi connectivity index (χ1) is 12.2. The first-order valence-electron chi connectivity index (χ1n) is 8.96. The smallest absolute Gasteiger partial charge is 0.255 e. The number of aromatic nitrogens is 4. The van der Waals surface area contributed by atoms with E-state index < -0.39 is 0 Å². The summed E-state index contributed by atoms with van der Waals surface area (Å²) in [6.45, 7) is 4.76. The molecule has 1 atom stereocenters. The van der Waals surface area contributed by atoms with Gasteiger partial charge in [0.05, 0.1) is 29.2 Å². The van der Waals surface area contributed by atoms with Crippen molar-refractivity contribution in [1.29, 1.82) is 0 Å². The van der Waals surface area contributed by atoms with Gasteiger partial charge in [0.15, 0.2) is 0 Å². The molecule has 1 unspecified atom stereocenters. The summed E-state index contributed by atoms with van der Waals surface area (Å²) in [5.74, 6) is 0.431. The quantitative estimate of drug-likeness (QED) is 0.750. The lowest BCUT2D eigenvalue weighted by atomic mass is 10.1. The Hall–Kier alpha value is -2.63. The van der Waals surface area contributed by atoms with Gasteiger partial charge in [-0.2, -0.15) is 10.2 Å². The van der Waals surface area contributed by atoms with Gasteiger partial charge in [0.1, 0.15) is 0 Å². The minimum Gasteiger partial charge on any atom is -0.348 e. The van der Waals surface area contributed by atoms with E-state index in [1.165, 1.54) is 0 Å². The summed E-state index contributed by atoms with van der Waals surface area (Å²) >= 11 is 0. The van der Waals surface area contributed by atoms with Crippen LogP contribution < -0.4 is 5.32 Å². The summed E-state index contributed by atoms with van der Waals surface area (Å²) in [4.78, 5) is 12.8. The Balaban J connectivity index is 1.54. The van der Waals surface area contributed by atoms with Crippen LogP contribution >= 0.6 is 0 Å². The number of carbonyl (C=O) groups excluding carboxylic acids is 1. The summed E-state index contributed by atoms with van der Waals surface area (Å²) < 4.78 is 3.86. The largest absolute Gasteiger partial charge is 0.348 e. The maximum absolute atomic E-state index is 12.8. The molecule has 1 aliphatic carbocycles. The van der Waals surface area contributed by atoms with Crippen molar-refractivity contribution in [2.24, 2.45) is 0 Å². The molecule has 0 saturated heterocycles. The topological polar surface area (TPSA) is 64.2 Å². The molecule has 3 aromatic heterocycles. The predicted octanol–water partition coefficient (Wildman–Crippen LogP) is 3.31. The van der Waals surface area contributed by atoms with Crippen molar-refractivity contribution in [3.05, 3.63) is 53.6 Å². The number of nitrogens with zero attached hydrogens (tertiary/aromatic N) is 4. The number of hydrogen-bond acceptors (Lipinski definition) is 3. The highest BCUT2D eigenvalue weighted by Crippen LogP contribution is 2.42. The summed E-state index contributed by atoms with van der Waals surface area (Å²) in [7, 11) is 0. The number of nitrogens with one attached hydrogen (secondary N) is 1. The number of rotatable bonds is 6. The van der Waals surface area contributed by atoms with Gasteiger partial charge < -0.3 is 5.32 Å².